The van der Waals surface area contributed by atoms with E-state index < -0.39 is 0 Å². The number of likely N-dealkylation sites (tertiary alicyclic amines) is 1. The number of carbonyl (C=O) groups excluding carboxylic acids is 1. The summed E-state index contributed by atoms with van der Waals surface area (Å²) >= 11 is 0. The Morgan fingerprint density at radius 3 is 2.18 bits per heavy atom. The van der Waals surface area contributed by atoms with Gasteiger partial charge in [0, 0.05) is 19.5 Å². The molecular weight excluding hydrogens is 138 g/mol. The zero-order valence-corrected chi connectivity index (χ0v) is 7.85. The molecule has 1 rings (SSSR count). The maximum absolute atomic E-state index is 11.5. The van der Waals surface area contributed by atoms with Gasteiger partial charge in [-0.15, -0.1) is 0 Å². The summed E-state index contributed by atoms with van der Waals surface area (Å²) in [6.07, 6.45) is 1.03. The second-order valence-electron chi connectivity index (χ2n) is 4.47. The van der Waals surface area contributed by atoms with E-state index in [2.05, 4.69) is 20.8 Å². The molecule has 0 aliphatic carbocycles. The second kappa shape index (κ2) is 2.50. The van der Waals surface area contributed by atoms with Crippen molar-refractivity contribution in [3.63, 3.8) is 0 Å². The highest BCUT2D eigenvalue weighted by atomic mass is 16.2. The Morgan fingerprint density at radius 1 is 1.45 bits per heavy atom. The van der Waals surface area contributed by atoms with Gasteiger partial charge >= 0.3 is 0 Å². The fourth-order valence-electron chi connectivity index (χ4n) is 1.63. The lowest BCUT2D eigenvalue weighted by Crippen LogP contribution is -2.30. The third-order valence-corrected chi connectivity index (χ3v) is 2.47. The van der Waals surface area contributed by atoms with Gasteiger partial charge in [-0.1, -0.05) is 20.8 Å². The normalized spacial score (nSPS) is 26.4. The molecule has 2 heteroatoms. The van der Waals surface area contributed by atoms with E-state index >= 15 is 0 Å². The molecule has 0 saturated carbocycles. The summed E-state index contributed by atoms with van der Waals surface area (Å²) < 4.78 is 0. The van der Waals surface area contributed by atoms with Crippen molar-refractivity contribution in [2.45, 2.75) is 27.2 Å². The monoisotopic (exact) mass is 155 g/mol. The predicted molar refractivity (Wildman–Crippen MR) is 45.2 cm³/mol. The largest absolute Gasteiger partial charge is 0.345 e. The molecule has 1 amide bonds. The third-order valence-electron chi connectivity index (χ3n) is 2.47. The molecule has 0 N–H and O–H groups in total. The number of nitrogens with zero attached hydrogens (tertiary/aromatic N) is 1. The minimum Gasteiger partial charge on any atom is -0.345 e. The SMILES string of the molecule is CN1CCC(C(C)(C)C)C1=O. The fourth-order valence-corrected chi connectivity index (χ4v) is 1.63. The number of carbonyl (C=O) groups is 1. The van der Waals surface area contributed by atoms with Gasteiger partial charge < -0.3 is 4.90 Å². The van der Waals surface area contributed by atoms with E-state index in [-0.39, 0.29) is 11.3 Å². The highest BCUT2D eigenvalue weighted by Gasteiger charge is 2.37. The van der Waals surface area contributed by atoms with Crippen LogP contribution in [0.3, 0.4) is 0 Å². The van der Waals surface area contributed by atoms with Crippen LogP contribution >= 0.6 is 0 Å². The van der Waals surface area contributed by atoms with Crippen molar-refractivity contribution in [1.29, 1.82) is 0 Å². The second-order valence-corrected chi connectivity index (χ2v) is 4.47. The van der Waals surface area contributed by atoms with Crippen LogP contribution in [0.1, 0.15) is 27.2 Å². The van der Waals surface area contributed by atoms with Crippen LogP contribution in [0.4, 0.5) is 0 Å². The molecule has 0 aromatic heterocycles. The van der Waals surface area contributed by atoms with Crippen LogP contribution in [0.5, 0.6) is 0 Å². The molecule has 0 spiro atoms. The Hall–Kier alpha value is -0.530. The van der Waals surface area contributed by atoms with E-state index in [1.807, 2.05) is 11.9 Å². The molecule has 1 aliphatic rings. The van der Waals surface area contributed by atoms with E-state index in [4.69, 9.17) is 0 Å². The summed E-state index contributed by atoms with van der Waals surface area (Å²) in [6.45, 7) is 7.33. The number of hydrogen-bond acceptors (Lipinski definition) is 1. The number of amides is 1. The van der Waals surface area contributed by atoms with Crippen LogP contribution in [0.25, 0.3) is 0 Å². The molecule has 1 heterocycles. The lowest BCUT2D eigenvalue weighted by atomic mass is 9.80. The first-order valence-electron chi connectivity index (χ1n) is 4.18. The van der Waals surface area contributed by atoms with E-state index in [9.17, 15) is 4.79 Å². The molecule has 0 radical (unpaired) electrons. The summed E-state index contributed by atoms with van der Waals surface area (Å²) in [7, 11) is 1.88. The minimum absolute atomic E-state index is 0.141. The van der Waals surface area contributed by atoms with Crippen molar-refractivity contribution >= 4 is 5.91 Å². The van der Waals surface area contributed by atoms with Gasteiger partial charge in [0.1, 0.15) is 0 Å². The van der Waals surface area contributed by atoms with Crippen molar-refractivity contribution in [2.24, 2.45) is 11.3 Å². The van der Waals surface area contributed by atoms with Crippen molar-refractivity contribution < 1.29 is 4.79 Å². The van der Waals surface area contributed by atoms with E-state index in [1.165, 1.54) is 0 Å². The standard InChI is InChI=1S/C9H17NO/c1-9(2,3)7-5-6-10(4)8(7)11/h7H,5-6H2,1-4H3. The third kappa shape index (κ3) is 1.55. The quantitative estimate of drug-likeness (QED) is 0.519. The van der Waals surface area contributed by atoms with Crippen molar-refractivity contribution in [1.82, 2.24) is 4.90 Å². The molecule has 1 atom stereocenters. The van der Waals surface area contributed by atoms with Crippen LogP contribution in [0.2, 0.25) is 0 Å². The predicted octanol–water partition coefficient (Wildman–Crippen LogP) is 1.51. The summed E-state index contributed by atoms with van der Waals surface area (Å²) in [5.74, 6) is 0.560. The van der Waals surface area contributed by atoms with Gasteiger partial charge in [0.15, 0.2) is 0 Å². The molecule has 1 saturated heterocycles. The van der Waals surface area contributed by atoms with Crippen molar-refractivity contribution in [3.8, 4) is 0 Å². The summed E-state index contributed by atoms with van der Waals surface area (Å²) in [5, 5.41) is 0. The van der Waals surface area contributed by atoms with E-state index in [0.29, 0.717) is 5.91 Å². The average Bonchev–Trinajstić information content (AvgIpc) is 2.11. The van der Waals surface area contributed by atoms with Gasteiger partial charge in [-0.2, -0.15) is 0 Å². The van der Waals surface area contributed by atoms with Crippen LogP contribution in [0, 0.1) is 11.3 Å². The smallest absolute Gasteiger partial charge is 0.226 e. The topological polar surface area (TPSA) is 20.3 Å². The first-order valence-corrected chi connectivity index (χ1v) is 4.18. The van der Waals surface area contributed by atoms with Gasteiger partial charge in [0.25, 0.3) is 0 Å². The van der Waals surface area contributed by atoms with Gasteiger partial charge in [-0.3, -0.25) is 4.79 Å². The molecule has 0 aromatic rings. The maximum atomic E-state index is 11.5. The summed E-state index contributed by atoms with van der Waals surface area (Å²) in [4.78, 5) is 13.3. The van der Waals surface area contributed by atoms with Crippen LogP contribution in [0.15, 0.2) is 0 Å². The molecule has 0 bridgehead atoms. The maximum Gasteiger partial charge on any atom is 0.226 e. The minimum atomic E-state index is 0.141. The fraction of sp³-hybridized carbons (Fsp3) is 0.889. The molecule has 1 fully saturated rings. The molecule has 0 aromatic carbocycles. The van der Waals surface area contributed by atoms with Crippen LogP contribution < -0.4 is 0 Å². The molecule has 1 aliphatic heterocycles. The Labute approximate surface area is 68.6 Å². The van der Waals surface area contributed by atoms with Gasteiger partial charge in [0.05, 0.1) is 0 Å². The highest BCUT2D eigenvalue weighted by molar-refractivity contribution is 5.81. The zero-order chi connectivity index (χ0) is 8.65. The molecule has 2 nitrogen and oxygen atoms in total. The van der Waals surface area contributed by atoms with Gasteiger partial charge in [0.2, 0.25) is 5.91 Å². The number of rotatable bonds is 0. The first kappa shape index (κ1) is 8.57. The van der Waals surface area contributed by atoms with Crippen molar-refractivity contribution in [2.75, 3.05) is 13.6 Å². The molecule has 64 valence electrons. The van der Waals surface area contributed by atoms with Crippen LogP contribution in [-0.4, -0.2) is 24.4 Å². The zero-order valence-electron chi connectivity index (χ0n) is 7.85. The van der Waals surface area contributed by atoms with Crippen molar-refractivity contribution in [3.05, 3.63) is 0 Å². The van der Waals surface area contributed by atoms with Crippen LogP contribution in [-0.2, 0) is 4.79 Å². The van der Waals surface area contributed by atoms with E-state index in [1.54, 1.807) is 0 Å². The summed E-state index contributed by atoms with van der Waals surface area (Å²) in [6, 6.07) is 0. The Bertz CT molecular complexity index is 169. The first-order chi connectivity index (χ1) is 4.93. The lowest BCUT2D eigenvalue weighted by Gasteiger charge is -2.24. The number of hydrogen-bond donors (Lipinski definition) is 0. The Balaban J connectivity index is 2.70. The van der Waals surface area contributed by atoms with Gasteiger partial charge in [-0.25, -0.2) is 0 Å². The van der Waals surface area contributed by atoms with Gasteiger partial charge in [-0.05, 0) is 11.8 Å². The van der Waals surface area contributed by atoms with E-state index in [0.717, 1.165) is 13.0 Å². The Morgan fingerprint density at radius 2 is 2.00 bits per heavy atom. The average molecular weight is 155 g/mol. The lowest BCUT2D eigenvalue weighted by molar-refractivity contribution is -0.132. The highest BCUT2D eigenvalue weighted by Crippen LogP contribution is 2.33. The molecule has 1 unspecified atom stereocenters. The molecule has 11 heavy (non-hydrogen) atoms. The Kier molecular flexibility index (Phi) is 1.95. The molecular formula is C9H17NO. The summed E-state index contributed by atoms with van der Waals surface area (Å²) in [5.41, 5.74) is 0.141.